The molecule has 0 unspecified atom stereocenters. The van der Waals surface area contributed by atoms with Crippen molar-refractivity contribution in [1.29, 1.82) is 0 Å². The Morgan fingerprint density at radius 3 is 2.15 bits per heavy atom. The first-order chi connectivity index (χ1) is 9.11. The Kier molecular flexibility index (Phi) is 5.37. The van der Waals surface area contributed by atoms with Crippen LogP contribution in [0.5, 0.6) is 11.5 Å². The molecule has 0 aliphatic rings. The molecule has 0 aliphatic heterocycles. The summed E-state index contributed by atoms with van der Waals surface area (Å²) in [5, 5.41) is 0. The summed E-state index contributed by atoms with van der Waals surface area (Å²) < 4.78 is 58.2. The molecule has 1 aromatic carbocycles. The van der Waals surface area contributed by atoms with Gasteiger partial charge in [0.25, 0.3) is 10.1 Å². The first-order valence-corrected chi connectivity index (χ1v) is 9.15. The molecule has 0 saturated carbocycles. The van der Waals surface area contributed by atoms with Crippen molar-refractivity contribution in [1.82, 2.24) is 0 Å². The van der Waals surface area contributed by atoms with Gasteiger partial charge in [-0.15, -0.1) is 0 Å². The van der Waals surface area contributed by atoms with E-state index >= 15 is 0 Å². The van der Waals surface area contributed by atoms with Crippen molar-refractivity contribution >= 4 is 20.2 Å². The first-order valence-electron chi connectivity index (χ1n) is 5.51. The molecule has 0 bridgehead atoms. The quantitative estimate of drug-likeness (QED) is 0.676. The maximum atomic E-state index is 11.1. The number of benzene rings is 1. The molecule has 0 saturated heterocycles. The second-order valence-electron chi connectivity index (χ2n) is 4.05. The monoisotopic (exact) mass is 324 g/mol. The van der Waals surface area contributed by atoms with E-state index in [1.807, 2.05) is 0 Å². The van der Waals surface area contributed by atoms with Gasteiger partial charge in [0.1, 0.15) is 0 Å². The predicted molar refractivity (Wildman–Crippen MR) is 73.0 cm³/mol. The predicted octanol–water partition coefficient (Wildman–Crippen LogP) is 0.552. The smallest absolute Gasteiger partial charge is 0.306 e. The highest BCUT2D eigenvalue weighted by Crippen LogP contribution is 2.29. The van der Waals surface area contributed by atoms with Gasteiger partial charge in [0.15, 0.2) is 11.5 Å². The Hall–Kier alpha value is -1.32. The SMILES string of the molecule is COc1cc(CCOS(C)(=O)=O)ccc1OS(C)(=O)=O. The normalized spacial score (nSPS) is 12.2. The van der Waals surface area contributed by atoms with Gasteiger partial charge in [-0.05, 0) is 24.1 Å². The summed E-state index contributed by atoms with van der Waals surface area (Å²) in [7, 11) is -5.74. The minimum Gasteiger partial charge on any atom is -0.493 e. The molecule has 0 amide bonds. The van der Waals surface area contributed by atoms with E-state index in [-0.39, 0.29) is 18.1 Å². The molecular formula is C11H16O7S2. The first kappa shape index (κ1) is 16.7. The summed E-state index contributed by atoms with van der Waals surface area (Å²) in [5.41, 5.74) is 0.728. The van der Waals surface area contributed by atoms with E-state index < -0.39 is 20.2 Å². The largest absolute Gasteiger partial charge is 0.493 e. The second-order valence-corrected chi connectivity index (χ2v) is 7.27. The lowest BCUT2D eigenvalue weighted by molar-refractivity contribution is 0.325. The van der Waals surface area contributed by atoms with E-state index in [0.29, 0.717) is 6.42 Å². The lowest BCUT2D eigenvalue weighted by Gasteiger charge is -2.10. The Balaban J connectivity index is 2.82. The molecule has 7 nitrogen and oxygen atoms in total. The fourth-order valence-electron chi connectivity index (χ4n) is 1.41. The number of ether oxygens (including phenoxy) is 1. The third kappa shape index (κ3) is 6.22. The highest BCUT2D eigenvalue weighted by atomic mass is 32.2. The summed E-state index contributed by atoms with van der Waals surface area (Å²) >= 11 is 0. The number of methoxy groups -OCH3 is 1. The minimum absolute atomic E-state index is 0.00569. The fraction of sp³-hybridized carbons (Fsp3) is 0.455. The van der Waals surface area contributed by atoms with E-state index in [1.165, 1.54) is 13.2 Å². The van der Waals surface area contributed by atoms with Crippen molar-refractivity contribution in [3.63, 3.8) is 0 Å². The van der Waals surface area contributed by atoms with Crippen molar-refractivity contribution in [2.45, 2.75) is 6.42 Å². The second kappa shape index (κ2) is 6.42. The van der Waals surface area contributed by atoms with Gasteiger partial charge in [0.2, 0.25) is 0 Å². The highest BCUT2D eigenvalue weighted by Gasteiger charge is 2.11. The summed E-state index contributed by atoms with van der Waals surface area (Å²) in [4.78, 5) is 0. The average Bonchev–Trinajstić information content (AvgIpc) is 2.27. The highest BCUT2D eigenvalue weighted by molar-refractivity contribution is 7.86. The fourth-order valence-corrected chi connectivity index (χ4v) is 2.26. The summed E-state index contributed by atoms with van der Waals surface area (Å²) in [6.07, 6.45) is 2.24. The van der Waals surface area contributed by atoms with Crippen LogP contribution in [0.1, 0.15) is 5.56 Å². The molecule has 0 aromatic heterocycles. The van der Waals surface area contributed by atoms with Crippen LogP contribution < -0.4 is 8.92 Å². The maximum absolute atomic E-state index is 11.1. The van der Waals surface area contributed by atoms with Crippen molar-refractivity contribution < 1.29 is 29.9 Å². The van der Waals surface area contributed by atoms with Gasteiger partial charge in [-0.1, -0.05) is 6.07 Å². The molecule has 1 rings (SSSR count). The van der Waals surface area contributed by atoms with Crippen LogP contribution in [0, 0.1) is 0 Å². The van der Waals surface area contributed by atoms with Gasteiger partial charge in [-0.3, -0.25) is 4.18 Å². The standard InChI is InChI=1S/C11H16O7S2/c1-16-11-8-9(6-7-17-19(2,12)13)4-5-10(11)18-20(3,14)15/h4-5,8H,6-7H2,1-3H3. The molecule has 0 spiro atoms. The van der Waals surface area contributed by atoms with Gasteiger partial charge in [0.05, 0.1) is 26.2 Å². The van der Waals surface area contributed by atoms with Crippen molar-refractivity contribution in [3.8, 4) is 11.5 Å². The van der Waals surface area contributed by atoms with Crippen LogP contribution in [-0.4, -0.2) is 43.1 Å². The third-order valence-electron chi connectivity index (χ3n) is 2.16. The Morgan fingerprint density at radius 1 is 1.00 bits per heavy atom. The maximum Gasteiger partial charge on any atom is 0.306 e. The Labute approximate surface area is 118 Å². The van der Waals surface area contributed by atoms with Crippen LogP contribution >= 0.6 is 0 Å². The Bertz CT molecular complexity index is 662. The van der Waals surface area contributed by atoms with Crippen molar-refractivity contribution in [2.75, 3.05) is 26.2 Å². The lowest BCUT2D eigenvalue weighted by Crippen LogP contribution is -2.08. The van der Waals surface area contributed by atoms with E-state index in [0.717, 1.165) is 18.1 Å². The zero-order chi connectivity index (χ0) is 15.4. The average molecular weight is 324 g/mol. The minimum atomic E-state index is -3.64. The van der Waals surface area contributed by atoms with Crippen LogP contribution in [-0.2, 0) is 30.8 Å². The zero-order valence-electron chi connectivity index (χ0n) is 11.3. The summed E-state index contributed by atoms with van der Waals surface area (Å²) in [5.74, 6) is 0.315. The van der Waals surface area contributed by atoms with Gasteiger partial charge >= 0.3 is 10.1 Å². The van der Waals surface area contributed by atoms with Crippen molar-refractivity contribution in [2.24, 2.45) is 0 Å². The molecule has 0 radical (unpaired) electrons. The van der Waals surface area contributed by atoms with E-state index in [2.05, 4.69) is 4.18 Å². The topological polar surface area (TPSA) is 96.0 Å². The lowest BCUT2D eigenvalue weighted by atomic mass is 10.1. The van der Waals surface area contributed by atoms with Crippen LogP contribution in [0.15, 0.2) is 18.2 Å². The number of hydrogen-bond donors (Lipinski definition) is 0. The molecule has 0 N–H and O–H groups in total. The molecule has 9 heteroatoms. The number of rotatable bonds is 7. The van der Waals surface area contributed by atoms with E-state index in [9.17, 15) is 16.8 Å². The van der Waals surface area contributed by atoms with E-state index in [1.54, 1.807) is 12.1 Å². The van der Waals surface area contributed by atoms with Crippen LogP contribution in [0.3, 0.4) is 0 Å². The summed E-state index contributed by atoms with van der Waals surface area (Å²) in [6, 6.07) is 4.61. The van der Waals surface area contributed by atoms with Crippen molar-refractivity contribution in [3.05, 3.63) is 23.8 Å². The molecular weight excluding hydrogens is 308 g/mol. The molecule has 0 atom stereocenters. The van der Waals surface area contributed by atoms with Crippen LogP contribution in [0.2, 0.25) is 0 Å². The van der Waals surface area contributed by atoms with E-state index in [4.69, 9.17) is 8.92 Å². The number of hydrogen-bond acceptors (Lipinski definition) is 7. The summed E-state index contributed by atoms with van der Waals surface area (Å²) in [6.45, 7) is -0.00569. The van der Waals surface area contributed by atoms with Crippen LogP contribution in [0.4, 0.5) is 0 Å². The zero-order valence-corrected chi connectivity index (χ0v) is 13.0. The van der Waals surface area contributed by atoms with Gasteiger partial charge in [-0.2, -0.15) is 16.8 Å². The molecule has 0 aliphatic carbocycles. The van der Waals surface area contributed by atoms with Gasteiger partial charge in [0, 0.05) is 0 Å². The molecule has 1 aromatic rings. The molecule has 0 fully saturated rings. The van der Waals surface area contributed by atoms with Gasteiger partial charge in [-0.25, -0.2) is 0 Å². The Morgan fingerprint density at radius 2 is 1.65 bits per heavy atom. The molecule has 114 valence electrons. The molecule has 20 heavy (non-hydrogen) atoms. The molecule has 0 heterocycles. The van der Waals surface area contributed by atoms with Crippen LogP contribution in [0.25, 0.3) is 0 Å². The third-order valence-corrected chi connectivity index (χ3v) is 3.23. The van der Waals surface area contributed by atoms with Gasteiger partial charge < -0.3 is 8.92 Å².